The lowest BCUT2D eigenvalue weighted by Gasteiger charge is -2.12. The second kappa shape index (κ2) is 7.64. The molecule has 0 radical (unpaired) electrons. The van der Waals surface area contributed by atoms with Crippen LogP contribution in [0.4, 0.5) is 0 Å². The topological polar surface area (TPSA) is 43.4 Å². The Kier molecular flexibility index (Phi) is 5.58. The molecule has 0 saturated heterocycles. The second-order valence-corrected chi connectivity index (χ2v) is 4.85. The lowest BCUT2D eigenvalue weighted by molar-refractivity contribution is 0.301. The predicted molar refractivity (Wildman–Crippen MR) is 83.7 cm³/mol. The number of ether oxygens (including phenoxy) is 2. The van der Waals surface area contributed by atoms with Gasteiger partial charge >= 0.3 is 0 Å². The molecule has 0 aliphatic heterocycles. The number of nitrogens with one attached hydrogen (secondary N) is 1. The van der Waals surface area contributed by atoms with E-state index in [0.717, 1.165) is 41.4 Å². The zero-order chi connectivity index (χ0) is 15.1. The maximum absolute atomic E-state index is 5.95. The number of aromatic nitrogens is 1. The summed E-state index contributed by atoms with van der Waals surface area (Å²) >= 11 is 0. The van der Waals surface area contributed by atoms with Gasteiger partial charge in [-0.05, 0) is 31.2 Å². The number of nitrogens with zero attached hydrogens (tertiary/aromatic N) is 1. The third kappa shape index (κ3) is 4.46. The highest BCUT2D eigenvalue weighted by Gasteiger charge is 2.05. The van der Waals surface area contributed by atoms with Gasteiger partial charge in [-0.3, -0.25) is 4.98 Å². The van der Waals surface area contributed by atoms with E-state index in [1.165, 1.54) is 0 Å². The average Bonchev–Trinajstić information content (AvgIpc) is 2.52. The van der Waals surface area contributed by atoms with Gasteiger partial charge < -0.3 is 14.8 Å². The molecule has 1 aromatic carbocycles. The molecule has 2 rings (SSSR count). The van der Waals surface area contributed by atoms with Crippen molar-refractivity contribution in [3.05, 3.63) is 53.3 Å². The molecule has 0 saturated carbocycles. The Hall–Kier alpha value is -2.07. The summed E-state index contributed by atoms with van der Waals surface area (Å²) in [6.07, 6.45) is 1.88. The third-order valence-corrected chi connectivity index (χ3v) is 3.20. The molecule has 0 amide bonds. The SMILES string of the molecule is CCNCc1cnc(C)cc1OCc1ccc(OC)cc1. The van der Waals surface area contributed by atoms with Gasteiger partial charge in [0.1, 0.15) is 18.1 Å². The van der Waals surface area contributed by atoms with Crippen LogP contribution in [0.5, 0.6) is 11.5 Å². The molecule has 0 atom stereocenters. The van der Waals surface area contributed by atoms with Gasteiger partial charge in [0.2, 0.25) is 0 Å². The standard InChI is InChI=1S/C17H22N2O2/c1-4-18-10-15-11-19-13(2)9-17(15)21-12-14-5-7-16(20-3)8-6-14/h5-9,11,18H,4,10,12H2,1-3H3. The lowest BCUT2D eigenvalue weighted by Crippen LogP contribution is -2.13. The van der Waals surface area contributed by atoms with E-state index in [0.29, 0.717) is 6.61 Å². The van der Waals surface area contributed by atoms with Crippen molar-refractivity contribution in [2.24, 2.45) is 0 Å². The molecule has 0 bridgehead atoms. The van der Waals surface area contributed by atoms with Crippen molar-refractivity contribution in [3.8, 4) is 11.5 Å². The van der Waals surface area contributed by atoms with Crippen molar-refractivity contribution in [3.63, 3.8) is 0 Å². The van der Waals surface area contributed by atoms with Gasteiger partial charge in [-0.25, -0.2) is 0 Å². The summed E-state index contributed by atoms with van der Waals surface area (Å²) in [7, 11) is 1.66. The molecule has 1 heterocycles. The number of hydrogen-bond donors (Lipinski definition) is 1. The van der Waals surface area contributed by atoms with E-state index in [1.807, 2.05) is 43.5 Å². The van der Waals surface area contributed by atoms with Gasteiger partial charge in [0.15, 0.2) is 0 Å². The number of benzene rings is 1. The van der Waals surface area contributed by atoms with Gasteiger partial charge in [-0.2, -0.15) is 0 Å². The fourth-order valence-corrected chi connectivity index (χ4v) is 1.97. The van der Waals surface area contributed by atoms with Crippen molar-refractivity contribution >= 4 is 0 Å². The minimum Gasteiger partial charge on any atom is -0.497 e. The van der Waals surface area contributed by atoms with E-state index in [4.69, 9.17) is 9.47 Å². The van der Waals surface area contributed by atoms with Crippen LogP contribution >= 0.6 is 0 Å². The van der Waals surface area contributed by atoms with Crippen LogP contribution in [-0.4, -0.2) is 18.6 Å². The van der Waals surface area contributed by atoms with Gasteiger partial charge in [0.05, 0.1) is 7.11 Å². The number of rotatable bonds is 7. The Bertz CT molecular complexity index is 568. The Morgan fingerprint density at radius 1 is 1.19 bits per heavy atom. The van der Waals surface area contributed by atoms with Crippen molar-refractivity contribution in [2.45, 2.75) is 27.0 Å². The van der Waals surface area contributed by atoms with Crippen LogP contribution in [0.15, 0.2) is 36.5 Å². The molecule has 4 heteroatoms. The molecule has 0 aliphatic carbocycles. The molecule has 0 aliphatic rings. The van der Waals surface area contributed by atoms with Crippen LogP contribution in [0.25, 0.3) is 0 Å². The molecule has 0 spiro atoms. The largest absolute Gasteiger partial charge is 0.497 e. The zero-order valence-corrected chi connectivity index (χ0v) is 12.8. The molecule has 0 fully saturated rings. The smallest absolute Gasteiger partial charge is 0.127 e. The molecular formula is C17H22N2O2. The highest BCUT2D eigenvalue weighted by atomic mass is 16.5. The van der Waals surface area contributed by atoms with E-state index in [1.54, 1.807) is 7.11 Å². The minimum atomic E-state index is 0.534. The molecule has 0 unspecified atom stereocenters. The first-order chi connectivity index (χ1) is 10.2. The van der Waals surface area contributed by atoms with Gasteiger partial charge in [-0.15, -0.1) is 0 Å². The molecule has 1 N–H and O–H groups in total. The lowest BCUT2D eigenvalue weighted by atomic mass is 10.2. The summed E-state index contributed by atoms with van der Waals surface area (Å²) in [5.41, 5.74) is 3.15. The van der Waals surface area contributed by atoms with Crippen LogP contribution in [0.3, 0.4) is 0 Å². The molecule has 4 nitrogen and oxygen atoms in total. The first-order valence-corrected chi connectivity index (χ1v) is 7.15. The van der Waals surface area contributed by atoms with E-state index in [-0.39, 0.29) is 0 Å². The third-order valence-electron chi connectivity index (χ3n) is 3.20. The highest BCUT2D eigenvalue weighted by Crippen LogP contribution is 2.20. The van der Waals surface area contributed by atoms with Crippen molar-refractivity contribution in [1.29, 1.82) is 0 Å². The number of methoxy groups -OCH3 is 1. The van der Waals surface area contributed by atoms with Crippen LogP contribution < -0.4 is 14.8 Å². The fraction of sp³-hybridized carbons (Fsp3) is 0.353. The van der Waals surface area contributed by atoms with E-state index < -0.39 is 0 Å². The Morgan fingerprint density at radius 3 is 2.62 bits per heavy atom. The number of aryl methyl sites for hydroxylation is 1. The quantitative estimate of drug-likeness (QED) is 0.849. The van der Waals surface area contributed by atoms with Crippen LogP contribution in [-0.2, 0) is 13.2 Å². The van der Waals surface area contributed by atoms with E-state index in [2.05, 4.69) is 17.2 Å². The zero-order valence-electron chi connectivity index (χ0n) is 12.8. The average molecular weight is 286 g/mol. The highest BCUT2D eigenvalue weighted by molar-refractivity contribution is 5.33. The first-order valence-electron chi connectivity index (χ1n) is 7.15. The minimum absolute atomic E-state index is 0.534. The van der Waals surface area contributed by atoms with Crippen LogP contribution in [0, 0.1) is 6.92 Å². The van der Waals surface area contributed by atoms with E-state index in [9.17, 15) is 0 Å². The second-order valence-electron chi connectivity index (χ2n) is 4.85. The summed E-state index contributed by atoms with van der Waals surface area (Å²) in [5.74, 6) is 1.74. The fourth-order valence-electron chi connectivity index (χ4n) is 1.97. The Morgan fingerprint density at radius 2 is 1.95 bits per heavy atom. The summed E-state index contributed by atoms with van der Waals surface area (Å²) in [6.45, 7) is 6.27. The maximum Gasteiger partial charge on any atom is 0.127 e. The molecule has 112 valence electrons. The summed E-state index contributed by atoms with van der Waals surface area (Å²) in [6, 6.07) is 9.88. The molecular weight excluding hydrogens is 264 g/mol. The normalized spacial score (nSPS) is 10.4. The summed E-state index contributed by atoms with van der Waals surface area (Å²) in [4.78, 5) is 4.33. The molecule has 1 aromatic heterocycles. The molecule has 21 heavy (non-hydrogen) atoms. The summed E-state index contributed by atoms with van der Waals surface area (Å²) < 4.78 is 11.1. The Balaban J connectivity index is 2.05. The number of hydrogen-bond acceptors (Lipinski definition) is 4. The van der Waals surface area contributed by atoms with Gasteiger partial charge in [-0.1, -0.05) is 19.1 Å². The predicted octanol–water partition coefficient (Wildman–Crippen LogP) is 3.09. The van der Waals surface area contributed by atoms with Crippen molar-refractivity contribution in [2.75, 3.05) is 13.7 Å². The maximum atomic E-state index is 5.95. The Labute approximate surface area is 126 Å². The first kappa shape index (κ1) is 15.3. The molecule has 2 aromatic rings. The van der Waals surface area contributed by atoms with Crippen molar-refractivity contribution < 1.29 is 9.47 Å². The summed E-state index contributed by atoms with van der Waals surface area (Å²) in [5, 5.41) is 3.30. The van der Waals surface area contributed by atoms with Gasteiger partial charge in [0, 0.05) is 30.1 Å². The monoisotopic (exact) mass is 286 g/mol. The van der Waals surface area contributed by atoms with E-state index >= 15 is 0 Å². The van der Waals surface area contributed by atoms with Crippen molar-refractivity contribution in [1.82, 2.24) is 10.3 Å². The van der Waals surface area contributed by atoms with Crippen LogP contribution in [0.1, 0.15) is 23.7 Å². The van der Waals surface area contributed by atoms with Crippen LogP contribution in [0.2, 0.25) is 0 Å². The van der Waals surface area contributed by atoms with Gasteiger partial charge in [0.25, 0.3) is 0 Å². The number of pyridine rings is 1.